The lowest BCUT2D eigenvalue weighted by Crippen LogP contribution is -2.46. The average Bonchev–Trinajstić information content (AvgIpc) is 2.97. The highest BCUT2D eigenvalue weighted by Gasteiger charge is 2.28. The van der Waals surface area contributed by atoms with Crippen LogP contribution in [0.3, 0.4) is 0 Å². The Morgan fingerprint density at radius 2 is 1.96 bits per heavy atom. The molecule has 140 valence electrons. The van der Waals surface area contributed by atoms with Crippen molar-refractivity contribution >= 4 is 32.9 Å². The molecule has 0 saturated carbocycles. The predicted molar refractivity (Wildman–Crippen MR) is 89.1 cm³/mol. The summed E-state index contributed by atoms with van der Waals surface area (Å²) in [7, 11) is -4.20. The summed E-state index contributed by atoms with van der Waals surface area (Å²) in [5.74, 6) is -1.70. The molecule has 3 rings (SSSR count). The molecule has 1 aromatic heterocycles. The lowest BCUT2D eigenvalue weighted by atomic mass is 9.96. The third-order valence-electron chi connectivity index (χ3n) is 4.34. The van der Waals surface area contributed by atoms with Gasteiger partial charge in [-0.3, -0.25) is 14.8 Å². The Morgan fingerprint density at radius 1 is 1.23 bits per heavy atom. The highest BCUT2D eigenvalue weighted by Crippen LogP contribution is 2.33. The molecule has 1 atom stereocenters. The summed E-state index contributed by atoms with van der Waals surface area (Å²) in [6.07, 6.45) is 2.94. The van der Waals surface area contributed by atoms with E-state index < -0.39 is 34.4 Å². The van der Waals surface area contributed by atoms with Gasteiger partial charge in [-0.2, -0.15) is 4.72 Å². The number of carbonyl (C=O) groups is 2. The van der Waals surface area contributed by atoms with Crippen LogP contribution in [-0.4, -0.2) is 36.6 Å². The van der Waals surface area contributed by atoms with Gasteiger partial charge in [-0.15, -0.1) is 0 Å². The van der Waals surface area contributed by atoms with E-state index in [1.807, 2.05) is 4.72 Å². The van der Waals surface area contributed by atoms with Crippen LogP contribution in [0.25, 0.3) is 11.0 Å². The third-order valence-corrected chi connectivity index (χ3v) is 5.81. The molecular formula is C16H18N2O7S. The average molecular weight is 382 g/mol. The number of carboxylic acid groups (broad SMARTS) is 1. The molecule has 1 heterocycles. The van der Waals surface area contributed by atoms with Crippen LogP contribution < -0.4 is 10.2 Å². The number of carboxylic acids is 1. The largest absolute Gasteiger partial charge is 0.481 e. The summed E-state index contributed by atoms with van der Waals surface area (Å²) in [5, 5.41) is 18.4. The maximum atomic E-state index is 12.5. The molecule has 0 radical (unpaired) electrons. The Kier molecular flexibility index (Phi) is 4.99. The molecule has 0 saturated heterocycles. The van der Waals surface area contributed by atoms with Gasteiger partial charge < -0.3 is 9.52 Å². The Labute approximate surface area is 149 Å². The maximum Gasteiger partial charge on any atom is 0.305 e. The second-order valence-corrected chi connectivity index (χ2v) is 7.83. The SMILES string of the molecule is O=C(O)C[C@@H](NS(=O)(=O)c1ccc2c3c(oc2c1)CCCC3)C(=O)NO. The van der Waals surface area contributed by atoms with Crippen molar-refractivity contribution in [1.29, 1.82) is 0 Å². The molecule has 1 aliphatic carbocycles. The summed E-state index contributed by atoms with van der Waals surface area (Å²) in [5.41, 5.74) is 2.78. The summed E-state index contributed by atoms with van der Waals surface area (Å²) in [6.45, 7) is 0. The van der Waals surface area contributed by atoms with Crippen LogP contribution in [0, 0.1) is 0 Å². The van der Waals surface area contributed by atoms with E-state index in [9.17, 15) is 18.0 Å². The number of aryl methyl sites for hydroxylation is 2. The van der Waals surface area contributed by atoms with E-state index in [0.29, 0.717) is 5.58 Å². The summed E-state index contributed by atoms with van der Waals surface area (Å²) in [6, 6.07) is 2.73. The highest BCUT2D eigenvalue weighted by atomic mass is 32.2. The van der Waals surface area contributed by atoms with Gasteiger partial charge in [0.1, 0.15) is 17.4 Å². The van der Waals surface area contributed by atoms with Crippen molar-refractivity contribution in [3.8, 4) is 0 Å². The Hall–Kier alpha value is -2.43. The number of hydroxylamine groups is 1. The Balaban J connectivity index is 1.93. The van der Waals surface area contributed by atoms with E-state index >= 15 is 0 Å². The van der Waals surface area contributed by atoms with Gasteiger partial charge in [0, 0.05) is 23.4 Å². The molecule has 9 nitrogen and oxygen atoms in total. The van der Waals surface area contributed by atoms with Crippen LogP contribution in [-0.2, 0) is 32.5 Å². The van der Waals surface area contributed by atoms with Crippen LogP contribution in [0.2, 0.25) is 0 Å². The lowest BCUT2D eigenvalue weighted by molar-refractivity contribution is -0.141. The number of carbonyl (C=O) groups excluding carboxylic acids is 1. The van der Waals surface area contributed by atoms with Gasteiger partial charge in [0.2, 0.25) is 10.0 Å². The molecule has 26 heavy (non-hydrogen) atoms. The number of amides is 1. The number of aliphatic carboxylic acids is 1. The quantitative estimate of drug-likeness (QED) is 0.429. The Morgan fingerprint density at radius 3 is 2.65 bits per heavy atom. The zero-order valence-electron chi connectivity index (χ0n) is 13.7. The number of rotatable bonds is 6. The fourth-order valence-electron chi connectivity index (χ4n) is 3.11. The number of sulfonamides is 1. The molecule has 1 amide bonds. The second kappa shape index (κ2) is 7.06. The van der Waals surface area contributed by atoms with Gasteiger partial charge in [-0.05, 0) is 31.4 Å². The first-order chi connectivity index (χ1) is 12.3. The first-order valence-corrected chi connectivity index (χ1v) is 9.52. The van der Waals surface area contributed by atoms with Crippen molar-refractivity contribution in [2.24, 2.45) is 0 Å². The molecule has 2 aromatic rings. The van der Waals surface area contributed by atoms with Crippen molar-refractivity contribution in [3.63, 3.8) is 0 Å². The second-order valence-electron chi connectivity index (χ2n) is 6.12. The molecular weight excluding hydrogens is 364 g/mol. The van der Waals surface area contributed by atoms with Gasteiger partial charge in [0.05, 0.1) is 11.3 Å². The number of fused-ring (bicyclic) bond motifs is 3. The van der Waals surface area contributed by atoms with Crippen molar-refractivity contribution in [1.82, 2.24) is 10.2 Å². The number of furan rings is 1. The number of benzene rings is 1. The predicted octanol–water partition coefficient (Wildman–Crippen LogP) is 0.939. The van der Waals surface area contributed by atoms with Gasteiger partial charge in [-0.25, -0.2) is 13.9 Å². The highest BCUT2D eigenvalue weighted by molar-refractivity contribution is 7.89. The van der Waals surface area contributed by atoms with E-state index in [4.69, 9.17) is 14.7 Å². The van der Waals surface area contributed by atoms with Crippen LogP contribution in [0.5, 0.6) is 0 Å². The minimum absolute atomic E-state index is 0.155. The minimum Gasteiger partial charge on any atom is -0.481 e. The van der Waals surface area contributed by atoms with E-state index in [1.54, 1.807) is 6.07 Å². The maximum absolute atomic E-state index is 12.5. The first kappa shape index (κ1) is 18.4. The van der Waals surface area contributed by atoms with Crippen LogP contribution in [0.15, 0.2) is 27.5 Å². The van der Waals surface area contributed by atoms with Gasteiger partial charge in [-0.1, -0.05) is 0 Å². The molecule has 1 aliphatic rings. The molecule has 1 aromatic carbocycles. The number of hydrogen-bond donors (Lipinski definition) is 4. The summed E-state index contributed by atoms with van der Waals surface area (Å²) < 4.78 is 32.8. The molecule has 4 N–H and O–H groups in total. The molecule has 0 unspecified atom stereocenters. The monoisotopic (exact) mass is 382 g/mol. The normalized spacial score (nSPS) is 15.4. The molecule has 0 spiro atoms. The smallest absolute Gasteiger partial charge is 0.305 e. The fourth-order valence-corrected chi connectivity index (χ4v) is 4.32. The van der Waals surface area contributed by atoms with Crippen molar-refractivity contribution in [2.75, 3.05) is 0 Å². The topological polar surface area (TPSA) is 146 Å². The summed E-state index contributed by atoms with van der Waals surface area (Å²) in [4.78, 5) is 22.2. The van der Waals surface area contributed by atoms with Gasteiger partial charge >= 0.3 is 5.97 Å². The summed E-state index contributed by atoms with van der Waals surface area (Å²) >= 11 is 0. The van der Waals surface area contributed by atoms with Gasteiger partial charge in [0.15, 0.2) is 0 Å². The van der Waals surface area contributed by atoms with Crippen LogP contribution >= 0.6 is 0 Å². The minimum atomic E-state index is -4.20. The van der Waals surface area contributed by atoms with Crippen molar-refractivity contribution in [3.05, 3.63) is 29.5 Å². The fraction of sp³-hybridized carbons (Fsp3) is 0.375. The molecule has 10 heteroatoms. The zero-order valence-corrected chi connectivity index (χ0v) is 14.5. The number of nitrogens with one attached hydrogen (secondary N) is 2. The number of hydrogen-bond acceptors (Lipinski definition) is 6. The Bertz CT molecular complexity index is 964. The standard InChI is InChI=1S/C16H18N2O7S/c19-15(20)8-12(16(21)17-22)18-26(23,24)9-5-6-11-10-3-1-2-4-13(10)25-14(11)7-9/h5-7,12,18,22H,1-4,8H2,(H,17,21)(H,19,20)/t12-/m1/s1. The first-order valence-electron chi connectivity index (χ1n) is 8.04. The van der Waals surface area contributed by atoms with E-state index in [1.165, 1.54) is 17.6 Å². The molecule has 0 fully saturated rings. The molecule has 0 bridgehead atoms. The van der Waals surface area contributed by atoms with Crippen molar-refractivity contribution < 1.29 is 32.7 Å². The lowest BCUT2D eigenvalue weighted by Gasteiger charge is -2.15. The van der Waals surface area contributed by atoms with Crippen molar-refractivity contribution in [2.45, 2.75) is 43.0 Å². The van der Waals surface area contributed by atoms with Crippen LogP contribution in [0.4, 0.5) is 0 Å². The van der Waals surface area contributed by atoms with E-state index in [-0.39, 0.29) is 4.90 Å². The van der Waals surface area contributed by atoms with E-state index in [2.05, 4.69) is 0 Å². The third kappa shape index (κ3) is 3.57. The van der Waals surface area contributed by atoms with E-state index in [0.717, 1.165) is 42.4 Å². The zero-order chi connectivity index (χ0) is 18.9. The van der Waals surface area contributed by atoms with Crippen LogP contribution in [0.1, 0.15) is 30.6 Å². The molecule has 0 aliphatic heterocycles. The van der Waals surface area contributed by atoms with Gasteiger partial charge in [0.25, 0.3) is 5.91 Å².